The van der Waals surface area contributed by atoms with Crippen LogP contribution >= 0.6 is 11.3 Å². The monoisotopic (exact) mass is 354 g/mol. The van der Waals surface area contributed by atoms with Gasteiger partial charge in [0, 0.05) is 12.0 Å². The van der Waals surface area contributed by atoms with E-state index in [-0.39, 0.29) is 10.8 Å². The standard InChI is InChI=1S/C14H18N4O3S2/c1-3-4-5-12-17-18-14(22-12)16-13(19)10-6-8-11(9-7-10)23(20,21)15-2/h6-9,15H,3-5H2,1-2H3,(H,16,18,19). The van der Waals surface area contributed by atoms with E-state index in [2.05, 4.69) is 27.2 Å². The number of nitrogens with one attached hydrogen (secondary N) is 2. The van der Waals surface area contributed by atoms with Gasteiger partial charge in [-0.15, -0.1) is 10.2 Å². The molecule has 1 amide bonds. The number of hydrogen-bond donors (Lipinski definition) is 2. The Bertz CT molecular complexity index is 770. The van der Waals surface area contributed by atoms with Gasteiger partial charge in [-0.25, -0.2) is 13.1 Å². The van der Waals surface area contributed by atoms with Crippen LogP contribution in [-0.4, -0.2) is 31.6 Å². The summed E-state index contributed by atoms with van der Waals surface area (Å²) in [6.45, 7) is 2.10. The van der Waals surface area contributed by atoms with Gasteiger partial charge in [-0.3, -0.25) is 10.1 Å². The van der Waals surface area contributed by atoms with Crippen LogP contribution in [0.25, 0.3) is 0 Å². The van der Waals surface area contributed by atoms with Crippen LogP contribution in [-0.2, 0) is 16.4 Å². The maximum Gasteiger partial charge on any atom is 0.257 e. The molecule has 124 valence electrons. The molecule has 0 aliphatic heterocycles. The summed E-state index contributed by atoms with van der Waals surface area (Å²) in [6.07, 6.45) is 2.95. The molecule has 0 aliphatic rings. The topological polar surface area (TPSA) is 101 Å². The van der Waals surface area contributed by atoms with Gasteiger partial charge >= 0.3 is 0 Å². The first kappa shape index (κ1) is 17.5. The lowest BCUT2D eigenvalue weighted by atomic mass is 10.2. The maximum absolute atomic E-state index is 12.1. The van der Waals surface area contributed by atoms with Crippen molar-refractivity contribution in [2.45, 2.75) is 31.1 Å². The van der Waals surface area contributed by atoms with E-state index < -0.39 is 10.0 Å². The van der Waals surface area contributed by atoms with Gasteiger partial charge in [0.15, 0.2) is 0 Å². The smallest absolute Gasteiger partial charge is 0.257 e. The summed E-state index contributed by atoms with van der Waals surface area (Å²) in [6, 6.07) is 5.68. The van der Waals surface area contributed by atoms with Crippen LogP contribution in [0.15, 0.2) is 29.2 Å². The van der Waals surface area contributed by atoms with E-state index >= 15 is 0 Å². The molecular formula is C14H18N4O3S2. The fourth-order valence-electron chi connectivity index (χ4n) is 1.81. The average Bonchev–Trinajstić information content (AvgIpc) is 3.00. The molecule has 1 heterocycles. The lowest BCUT2D eigenvalue weighted by Crippen LogP contribution is -2.19. The summed E-state index contributed by atoms with van der Waals surface area (Å²) in [5.41, 5.74) is 0.352. The van der Waals surface area contributed by atoms with Crippen molar-refractivity contribution in [1.29, 1.82) is 0 Å². The number of anilines is 1. The Morgan fingerprint density at radius 1 is 1.22 bits per heavy atom. The van der Waals surface area contributed by atoms with Crippen molar-refractivity contribution < 1.29 is 13.2 Å². The third kappa shape index (κ3) is 4.57. The first-order valence-corrected chi connectivity index (χ1v) is 9.43. The van der Waals surface area contributed by atoms with Gasteiger partial charge in [0.1, 0.15) is 5.01 Å². The minimum atomic E-state index is -3.51. The zero-order valence-corrected chi connectivity index (χ0v) is 14.5. The van der Waals surface area contributed by atoms with Crippen molar-refractivity contribution in [2.24, 2.45) is 0 Å². The van der Waals surface area contributed by atoms with Crippen molar-refractivity contribution in [1.82, 2.24) is 14.9 Å². The molecular weight excluding hydrogens is 336 g/mol. The predicted octanol–water partition coefficient (Wildman–Crippen LogP) is 2.04. The summed E-state index contributed by atoms with van der Waals surface area (Å²) in [7, 11) is -2.17. The van der Waals surface area contributed by atoms with Crippen LogP contribution < -0.4 is 10.0 Å². The normalized spacial score (nSPS) is 11.4. The van der Waals surface area contributed by atoms with Gasteiger partial charge in [0.05, 0.1) is 4.90 Å². The molecule has 7 nitrogen and oxygen atoms in total. The number of benzene rings is 1. The number of sulfonamides is 1. The predicted molar refractivity (Wildman–Crippen MR) is 89.2 cm³/mol. The Hall–Kier alpha value is -1.84. The first-order chi connectivity index (χ1) is 11.0. The quantitative estimate of drug-likeness (QED) is 0.792. The lowest BCUT2D eigenvalue weighted by molar-refractivity contribution is 0.102. The average molecular weight is 354 g/mol. The summed E-state index contributed by atoms with van der Waals surface area (Å²) < 4.78 is 25.5. The lowest BCUT2D eigenvalue weighted by Gasteiger charge is -2.04. The summed E-state index contributed by atoms with van der Waals surface area (Å²) in [5.74, 6) is -0.350. The number of unbranched alkanes of at least 4 members (excludes halogenated alkanes) is 1. The molecule has 0 saturated carbocycles. The number of amides is 1. The van der Waals surface area contributed by atoms with Crippen molar-refractivity contribution in [3.05, 3.63) is 34.8 Å². The third-order valence-electron chi connectivity index (χ3n) is 3.13. The fraction of sp³-hybridized carbons (Fsp3) is 0.357. The van der Waals surface area contributed by atoms with Crippen LogP contribution in [0.3, 0.4) is 0 Å². The van der Waals surface area contributed by atoms with Crippen molar-refractivity contribution in [3.63, 3.8) is 0 Å². The largest absolute Gasteiger partial charge is 0.296 e. The number of rotatable bonds is 7. The molecule has 2 N–H and O–H groups in total. The molecule has 0 saturated heterocycles. The summed E-state index contributed by atoms with van der Waals surface area (Å²) in [4.78, 5) is 12.2. The number of aryl methyl sites for hydroxylation is 1. The zero-order valence-electron chi connectivity index (χ0n) is 12.9. The number of nitrogens with zero attached hydrogens (tertiary/aromatic N) is 2. The summed E-state index contributed by atoms with van der Waals surface area (Å²) in [5, 5.41) is 12.0. The Labute approximate surface area is 139 Å². The van der Waals surface area contributed by atoms with E-state index in [1.54, 1.807) is 0 Å². The zero-order chi connectivity index (χ0) is 16.9. The Kier molecular flexibility index (Phi) is 5.80. The molecule has 1 aromatic carbocycles. The van der Waals surface area contributed by atoms with Gasteiger partial charge in [0.2, 0.25) is 15.2 Å². The number of carbonyl (C=O) groups excluding carboxylic acids is 1. The number of carbonyl (C=O) groups is 1. The Morgan fingerprint density at radius 3 is 2.52 bits per heavy atom. The third-order valence-corrected chi connectivity index (χ3v) is 5.46. The van der Waals surface area contributed by atoms with E-state index in [1.807, 2.05) is 0 Å². The summed E-state index contributed by atoms with van der Waals surface area (Å²) >= 11 is 1.35. The molecule has 2 aromatic rings. The maximum atomic E-state index is 12.1. The molecule has 1 aromatic heterocycles. The van der Waals surface area contributed by atoms with Gasteiger partial charge in [-0.1, -0.05) is 24.7 Å². The van der Waals surface area contributed by atoms with Crippen LogP contribution in [0.1, 0.15) is 35.1 Å². The van der Waals surface area contributed by atoms with Gasteiger partial charge in [-0.05, 0) is 37.7 Å². The van der Waals surface area contributed by atoms with Crippen LogP contribution in [0.5, 0.6) is 0 Å². The molecule has 0 aliphatic carbocycles. The van der Waals surface area contributed by atoms with Gasteiger partial charge in [0.25, 0.3) is 5.91 Å². The second-order valence-corrected chi connectivity index (χ2v) is 7.74. The number of aromatic nitrogens is 2. The molecule has 0 fully saturated rings. The second kappa shape index (κ2) is 7.62. The molecule has 0 atom stereocenters. The minimum absolute atomic E-state index is 0.106. The van der Waals surface area contributed by atoms with Crippen LogP contribution in [0.2, 0.25) is 0 Å². The highest BCUT2D eigenvalue weighted by atomic mass is 32.2. The Balaban J connectivity index is 2.05. The van der Waals surface area contributed by atoms with E-state index in [4.69, 9.17) is 0 Å². The van der Waals surface area contributed by atoms with Crippen molar-refractivity contribution >= 4 is 32.4 Å². The molecule has 0 spiro atoms. The minimum Gasteiger partial charge on any atom is -0.296 e. The highest BCUT2D eigenvalue weighted by molar-refractivity contribution is 7.89. The molecule has 0 radical (unpaired) electrons. The van der Waals surface area contributed by atoms with Crippen LogP contribution in [0.4, 0.5) is 5.13 Å². The first-order valence-electron chi connectivity index (χ1n) is 7.13. The van der Waals surface area contributed by atoms with Crippen LogP contribution in [0, 0.1) is 0 Å². The van der Waals surface area contributed by atoms with Gasteiger partial charge < -0.3 is 0 Å². The number of hydrogen-bond acceptors (Lipinski definition) is 6. The second-order valence-electron chi connectivity index (χ2n) is 4.79. The highest BCUT2D eigenvalue weighted by Gasteiger charge is 2.14. The fourth-order valence-corrected chi connectivity index (χ4v) is 3.31. The SMILES string of the molecule is CCCCc1nnc(NC(=O)c2ccc(S(=O)(=O)NC)cc2)s1. The van der Waals surface area contributed by atoms with Crippen molar-refractivity contribution in [2.75, 3.05) is 12.4 Å². The highest BCUT2D eigenvalue weighted by Crippen LogP contribution is 2.18. The van der Waals surface area contributed by atoms with Gasteiger partial charge in [-0.2, -0.15) is 0 Å². The molecule has 0 unspecified atom stereocenters. The van der Waals surface area contributed by atoms with E-state index in [0.717, 1.165) is 24.3 Å². The van der Waals surface area contributed by atoms with E-state index in [9.17, 15) is 13.2 Å². The molecule has 0 bridgehead atoms. The molecule has 2 rings (SSSR count). The molecule has 23 heavy (non-hydrogen) atoms. The van der Waals surface area contributed by atoms with Crippen molar-refractivity contribution in [3.8, 4) is 0 Å². The van der Waals surface area contributed by atoms with E-state index in [1.165, 1.54) is 42.6 Å². The molecule has 9 heteroatoms. The van der Waals surface area contributed by atoms with E-state index in [0.29, 0.717) is 10.7 Å². The Morgan fingerprint density at radius 2 is 1.91 bits per heavy atom.